The van der Waals surface area contributed by atoms with E-state index in [4.69, 9.17) is 18.6 Å². The zero-order valence-electron chi connectivity index (χ0n) is 22.1. The van der Waals surface area contributed by atoms with Crippen LogP contribution in [0.25, 0.3) is 28.7 Å². The highest BCUT2D eigenvalue weighted by molar-refractivity contribution is 5.87. The first kappa shape index (κ1) is 29.4. The number of hydrogen-bond donors (Lipinski definition) is 7. The third-order valence-corrected chi connectivity index (χ3v) is 6.65. The third-order valence-electron chi connectivity index (χ3n) is 6.65. The average Bonchev–Trinajstić information content (AvgIpc) is 2.98. The number of aliphatic hydroxyl groups excluding tert-OH is 3. The predicted octanol–water partition coefficient (Wildman–Crippen LogP) is 1.68. The van der Waals surface area contributed by atoms with Crippen LogP contribution in [-0.2, 0) is 14.3 Å². The number of esters is 1. The molecular weight excluding hydrogens is 568 g/mol. The minimum Gasteiger partial charge on any atom is -0.508 e. The lowest BCUT2D eigenvalue weighted by molar-refractivity contribution is -0.278. The Morgan fingerprint density at radius 2 is 1.58 bits per heavy atom. The van der Waals surface area contributed by atoms with E-state index in [9.17, 15) is 45.3 Å². The van der Waals surface area contributed by atoms with Crippen LogP contribution >= 0.6 is 0 Å². The monoisotopic (exact) mass is 594 g/mol. The molecule has 5 atom stereocenters. The van der Waals surface area contributed by atoms with E-state index in [1.54, 1.807) is 12.1 Å². The van der Waals surface area contributed by atoms with Crippen LogP contribution in [-0.4, -0.2) is 79.0 Å². The van der Waals surface area contributed by atoms with Gasteiger partial charge in [0.05, 0.1) is 5.56 Å². The first-order chi connectivity index (χ1) is 20.5. The summed E-state index contributed by atoms with van der Waals surface area (Å²) in [5, 5.41) is 71.1. The Hall–Kier alpha value is -5.08. The highest BCUT2D eigenvalue weighted by Gasteiger charge is 2.46. The van der Waals surface area contributed by atoms with E-state index in [-0.39, 0.29) is 34.1 Å². The summed E-state index contributed by atoms with van der Waals surface area (Å²) in [5.41, 5.74) is 0.241. The molecular formula is C30H26O13. The molecule has 224 valence electrons. The molecule has 2 aromatic rings. The Kier molecular flexibility index (Phi) is 8.23. The quantitative estimate of drug-likeness (QED) is 0.0922. The molecule has 3 aliphatic rings. The predicted molar refractivity (Wildman–Crippen MR) is 147 cm³/mol. The molecule has 13 heteroatoms. The number of rotatable bonds is 7. The maximum atomic E-state index is 12.2. The summed E-state index contributed by atoms with van der Waals surface area (Å²) < 4.78 is 22.5. The van der Waals surface area contributed by atoms with Crippen LogP contribution in [0.1, 0.15) is 5.56 Å². The van der Waals surface area contributed by atoms with Crippen LogP contribution < -0.4 is 10.2 Å². The van der Waals surface area contributed by atoms with Gasteiger partial charge in [0.25, 0.3) is 0 Å². The summed E-state index contributed by atoms with van der Waals surface area (Å²) in [6, 6.07) is 13.0. The van der Waals surface area contributed by atoms with Gasteiger partial charge < -0.3 is 54.4 Å². The number of carbonyl (C=O) groups excluding carboxylic acids is 1. The van der Waals surface area contributed by atoms with Crippen molar-refractivity contribution in [1.29, 1.82) is 0 Å². The molecule has 0 bridgehead atoms. The van der Waals surface area contributed by atoms with Crippen LogP contribution in [0.2, 0.25) is 0 Å². The normalized spacial score (nSPS) is 22.1. The van der Waals surface area contributed by atoms with Crippen molar-refractivity contribution in [2.24, 2.45) is 0 Å². The molecule has 0 unspecified atom stereocenters. The summed E-state index contributed by atoms with van der Waals surface area (Å²) in [6.07, 6.45) is -5.79. The molecule has 0 amide bonds. The maximum Gasteiger partial charge on any atom is 0.330 e. The molecule has 7 N–H and O–H groups in total. The summed E-state index contributed by atoms with van der Waals surface area (Å²) >= 11 is 0. The van der Waals surface area contributed by atoms with Gasteiger partial charge in [-0.25, -0.2) is 4.79 Å². The van der Waals surface area contributed by atoms with Gasteiger partial charge in [-0.15, -0.1) is 0 Å². The molecule has 2 aliphatic heterocycles. The van der Waals surface area contributed by atoms with Gasteiger partial charge >= 0.3 is 5.97 Å². The van der Waals surface area contributed by atoms with Gasteiger partial charge in [0.1, 0.15) is 48.3 Å². The SMILES string of the molecule is O=C(C=Cc1ccc(O)cc1)OC[C@H]1O[C@@H](Oc2cc3c(O)cc(=O)cc-3oc2-c2ccc(O)c(O)c2)[C@H](O)[C@@H](O)[C@H]1O. The summed E-state index contributed by atoms with van der Waals surface area (Å²) in [7, 11) is 0. The summed E-state index contributed by atoms with van der Waals surface area (Å²) in [5.74, 6) is -2.48. The molecule has 0 radical (unpaired) electrons. The number of hydrogen-bond acceptors (Lipinski definition) is 13. The van der Waals surface area contributed by atoms with Crippen LogP contribution in [0, 0.1) is 0 Å². The van der Waals surface area contributed by atoms with Gasteiger partial charge in [-0.2, -0.15) is 0 Å². The van der Waals surface area contributed by atoms with E-state index in [1.807, 2.05) is 0 Å². The van der Waals surface area contributed by atoms with Gasteiger partial charge in [0, 0.05) is 23.8 Å². The fraction of sp³-hybridized carbons (Fsp3) is 0.200. The van der Waals surface area contributed by atoms with Gasteiger partial charge in [-0.3, -0.25) is 4.79 Å². The zero-order chi connectivity index (χ0) is 30.8. The lowest BCUT2D eigenvalue weighted by Crippen LogP contribution is -2.60. The molecule has 0 saturated carbocycles. The molecule has 43 heavy (non-hydrogen) atoms. The third kappa shape index (κ3) is 6.39. The maximum absolute atomic E-state index is 12.2. The van der Waals surface area contributed by atoms with E-state index in [0.29, 0.717) is 5.56 Å². The van der Waals surface area contributed by atoms with Crippen LogP contribution in [0.5, 0.6) is 28.7 Å². The number of ether oxygens (including phenoxy) is 3. The Bertz CT molecular complexity index is 1680. The minimum atomic E-state index is -1.81. The molecule has 2 heterocycles. The van der Waals surface area contributed by atoms with Crippen LogP contribution in [0.4, 0.5) is 0 Å². The highest BCUT2D eigenvalue weighted by Crippen LogP contribution is 2.43. The summed E-state index contributed by atoms with van der Waals surface area (Å²) in [6.45, 7) is -0.544. The Labute approximate surface area is 242 Å². The van der Waals surface area contributed by atoms with Crippen molar-refractivity contribution in [3.05, 3.63) is 82.5 Å². The van der Waals surface area contributed by atoms with Gasteiger partial charge in [0.2, 0.25) is 6.29 Å². The number of aliphatic hydroxyl groups is 3. The number of fused-ring (bicyclic) bond motifs is 1. The van der Waals surface area contributed by atoms with Crippen molar-refractivity contribution >= 4 is 12.0 Å². The van der Waals surface area contributed by atoms with Crippen molar-refractivity contribution in [2.45, 2.75) is 30.7 Å². The Morgan fingerprint density at radius 3 is 2.30 bits per heavy atom. The van der Waals surface area contributed by atoms with E-state index in [0.717, 1.165) is 24.3 Å². The molecule has 1 saturated heterocycles. The number of phenols is 4. The highest BCUT2D eigenvalue weighted by atomic mass is 16.7. The molecule has 13 nitrogen and oxygen atoms in total. The second-order valence-corrected chi connectivity index (χ2v) is 9.68. The molecule has 0 aromatic heterocycles. The lowest BCUT2D eigenvalue weighted by atomic mass is 9.99. The van der Waals surface area contributed by atoms with Crippen molar-refractivity contribution in [2.75, 3.05) is 6.61 Å². The van der Waals surface area contributed by atoms with Crippen LogP contribution in [0.15, 0.2) is 76.0 Å². The second kappa shape index (κ2) is 12.0. The number of phenolic OH excluding ortho intramolecular Hbond substituents is 4. The molecule has 2 aromatic carbocycles. The topological polar surface area (TPSA) is 217 Å². The summed E-state index contributed by atoms with van der Waals surface area (Å²) in [4.78, 5) is 24.2. The largest absolute Gasteiger partial charge is 0.508 e. The van der Waals surface area contributed by atoms with E-state index in [1.165, 1.54) is 36.4 Å². The molecule has 0 spiro atoms. The Balaban J connectivity index is 1.40. The molecule has 5 rings (SSSR count). The van der Waals surface area contributed by atoms with Gasteiger partial charge in [-0.05, 0) is 48.0 Å². The van der Waals surface area contributed by atoms with Crippen molar-refractivity contribution < 1.29 is 59.2 Å². The first-order valence-corrected chi connectivity index (χ1v) is 12.8. The average molecular weight is 595 g/mol. The standard InChI is InChI=1S/C30H26O13/c31-16-5-1-14(2-6-16)3-8-25(36)40-13-24-26(37)27(38)28(39)30(43-24)42-23-12-18-20(34)10-17(32)11-22(18)41-29(23)15-4-7-19(33)21(35)9-15/h1-12,24,26-28,30-31,33-35,37-39H,13H2/t24-,26+,27+,28-,30-/m1/s1. The smallest absolute Gasteiger partial charge is 0.330 e. The first-order valence-electron chi connectivity index (χ1n) is 12.8. The fourth-order valence-corrected chi connectivity index (χ4v) is 4.37. The Morgan fingerprint density at radius 1 is 0.837 bits per heavy atom. The van der Waals surface area contributed by atoms with Crippen molar-refractivity contribution in [3.8, 4) is 51.4 Å². The number of aromatic hydroxyl groups is 4. The minimum absolute atomic E-state index is 0.0399. The van der Waals surface area contributed by atoms with Gasteiger partial charge in [0.15, 0.2) is 28.4 Å². The van der Waals surface area contributed by atoms with Crippen LogP contribution in [0.3, 0.4) is 0 Å². The lowest BCUT2D eigenvalue weighted by Gasteiger charge is -2.40. The number of carbonyl (C=O) groups is 1. The molecule has 1 fully saturated rings. The fourth-order valence-electron chi connectivity index (χ4n) is 4.37. The second-order valence-electron chi connectivity index (χ2n) is 9.68. The molecule has 1 aliphatic carbocycles. The van der Waals surface area contributed by atoms with Crippen molar-refractivity contribution in [1.82, 2.24) is 0 Å². The van der Waals surface area contributed by atoms with Crippen molar-refractivity contribution in [3.63, 3.8) is 0 Å². The zero-order valence-corrected chi connectivity index (χ0v) is 22.1. The van der Waals surface area contributed by atoms with E-state index in [2.05, 4.69) is 0 Å². The van der Waals surface area contributed by atoms with Gasteiger partial charge in [-0.1, -0.05) is 12.1 Å². The van der Waals surface area contributed by atoms with E-state index < -0.39 is 66.0 Å². The van der Waals surface area contributed by atoms with E-state index >= 15 is 0 Å². The number of benzene rings is 3.